The van der Waals surface area contributed by atoms with E-state index in [1.54, 1.807) is 11.8 Å². The molecule has 0 radical (unpaired) electrons. The van der Waals surface area contributed by atoms with Crippen molar-refractivity contribution in [2.45, 2.75) is 44.0 Å². The van der Waals surface area contributed by atoms with Crippen molar-refractivity contribution in [3.63, 3.8) is 0 Å². The van der Waals surface area contributed by atoms with Crippen molar-refractivity contribution in [1.82, 2.24) is 5.01 Å². The molecule has 25 heavy (non-hydrogen) atoms. The molecular formula is C20H20F2N2S. The molecule has 1 aliphatic heterocycles. The fraction of sp³-hybridized carbons (Fsp3) is 0.350. The van der Waals surface area contributed by atoms with Crippen LogP contribution in [-0.2, 0) is 11.3 Å². The van der Waals surface area contributed by atoms with Crippen LogP contribution in [-0.4, -0.2) is 16.1 Å². The smallest absolute Gasteiger partial charge is 0.134 e. The van der Waals surface area contributed by atoms with Gasteiger partial charge in [0.15, 0.2) is 0 Å². The second-order valence-corrected chi connectivity index (χ2v) is 8.13. The van der Waals surface area contributed by atoms with Gasteiger partial charge in [-0.05, 0) is 62.4 Å². The molecule has 5 heteroatoms. The largest absolute Gasteiger partial charge is 0.272 e. The number of rotatable bonds is 2. The van der Waals surface area contributed by atoms with E-state index in [9.17, 15) is 8.78 Å². The van der Waals surface area contributed by atoms with Gasteiger partial charge in [-0.25, -0.2) is 8.78 Å². The van der Waals surface area contributed by atoms with Gasteiger partial charge in [0.25, 0.3) is 0 Å². The average molecular weight is 358 g/mol. The van der Waals surface area contributed by atoms with Gasteiger partial charge in [0.1, 0.15) is 21.5 Å². The predicted molar refractivity (Wildman–Crippen MR) is 98.5 cm³/mol. The predicted octanol–water partition coefficient (Wildman–Crippen LogP) is 5.27. The van der Waals surface area contributed by atoms with Crippen LogP contribution >= 0.6 is 11.8 Å². The maximum Gasteiger partial charge on any atom is 0.134 e. The van der Waals surface area contributed by atoms with Gasteiger partial charge in [-0.1, -0.05) is 36.0 Å². The van der Waals surface area contributed by atoms with Crippen molar-refractivity contribution >= 4 is 16.8 Å². The fourth-order valence-electron chi connectivity index (χ4n) is 3.83. The summed E-state index contributed by atoms with van der Waals surface area (Å²) in [5.41, 5.74) is 2.81. The molecule has 0 bridgehead atoms. The van der Waals surface area contributed by atoms with Crippen LogP contribution in [0, 0.1) is 11.6 Å². The van der Waals surface area contributed by atoms with E-state index in [1.165, 1.54) is 23.3 Å². The summed E-state index contributed by atoms with van der Waals surface area (Å²) in [6.07, 6.45) is 3.05. The SMILES string of the molecule is CC(C)N1N=C(c2cc(F)ccc2F)SC12CCCc1ccccc12. The molecule has 1 heterocycles. The summed E-state index contributed by atoms with van der Waals surface area (Å²) in [5.74, 6) is -0.877. The van der Waals surface area contributed by atoms with Gasteiger partial charge in [0.2, 0.25) is 0 Å². The van der Waals surface area contributed by atoms with Crippen LogP contribution in [0.4, 0.5) is 8.78 Å². The van der Waals surface area contributed by atoms with E-state index in [0.717, 1.165) is 25.3 Å². The van der Waals surface area contributed by atoms with Gasteiger partial charge in [-0.2, -0.15) is 5.10 Å². The Kier molecular flexibility index (Phi) is 4.07. The number of thioether (sulfide) groups is 1. The minimum atomic E-state index is -0.444. The van der Waals surface area contributed by atoms with Crippen LogP contribution in [0.15, 0.2) is 47.6 Å². The van der Waals surface area contributed by atoms with E-state index in [-0.39, 0.29) is 16.5 Å². The van der Waals surface area contributed by atoms with Gasteiger partial charge >= 0.3 is 0 Å². The van der Waals surface area contributed by atoms with Crippen LogP contribution in [0.1, 0.15) is 43.4 Å². The van der Waals surface area contributed by atoms with E-state index in [1.807, 2.05) is 6.07 Å². The van der Waals surface area contributed by atoms with E-state index >= 15 is 0 Å². The highest BCUT2D eigenvalue weighted by atomic mass is 32.2. The zero-order valence-electron chi connectivity index (χ0n) is 14.3. The fourth-order valence-corrected chi connectivity index (χ4v) is 5.44. The molecule has 1 atom stereocenters. The van der Waals surface area contributed by atoms with Crippen LogP contribution in [0.5, 0.6) is 0 Å². The second kappa shape index (κ2) is 6.13. The molecule has 0 saturated heterocycles. The lowest BCUT2D eigenvalue weighted by Crippen LogP contribution is -2.43. The van der Waals surface area contributed by atoms with E-state index in [4.69, 9.17) is 5.10 Å². The topological polar surface area (TPSA) is 15.6 Å². The summed E-state index contributed by atoms with van der Waals surface area (Å²) in [4.78, 5) is -0.336. The minimum Gasteiger partial charge on any atom is -0.272 e. The number of aryl methyl sites for hydroxylation is 1. The Morgan fingerprint density at radius 3 is 2.76 bits per heavy atom. The molecule has 0 N–H and O–H groups in total. The van der Waals surface area contributed by atoms with Gasteiger partial charge in [-0.15, -0.1) is 0 Å². The highest BCUT2D eigenvalue weighted by molar-refractivity contribution is 8.15. The zero-order chi connectivity index (χ0) is 17.6. The van der Waals surface area contributed by atoms with E-state index in [2.05, 4.69) is 37.1 Å². The average Bonchev–Trinajstić information content (AvgIpc) is 2.98. The summed E-state index contributed by atoms with van der Waals surface area (Å²) >= 11 is 1.56. The lowest BCUT2D eigenvalue weighted by Gasteiger charge is -2.43. The molecule has 0 amide bonds. The Hall–Kier alpha value is -1.88. The number of hydrogen-bond acceptors (Lipinski definition) is 3. The molecular weight excluding hydrogens is 338 g/mol. The first-order valence-electron chi connectivity index (χ1n) is 8.62. The van der Waals surface area contributed by atoms with Crippen molar-refractivity contribution in [1.29, 1.82) is 0 Å². The highest BCUT2D eigenvalue weighted by Crippen LogP contribution is 2.54. The summed E-state index contributed by atoms with van der Waals surface area (Å²) in [6.45, 7) is 4.18. The lowest BCUT2D eigenvalue weighted by atomic mass is 9.86. The molecule has 1 aliphatic carbocycles. The van der Waals surface area contributed by atoms with Crippen molar-refractivity contribution in [3.8, 4) is 0 Å². The van der Waals surface area contributed by atoms with Crippen molar-refractivity contribution < 1.29 is 8.78 Å². The lowest BCUT2D eigenvalue weighted by molar-refractivity contribution is 0.123. The number of halogens is 2. The quantitative estimate of drug-likeness (QED) is 0.726. The molecule has 1 unspecified atom stereocenters. The van der Waals surface area contributed by atoms with Crippen LogP contribution in [0.25, 0.3) is 0 Å². The first kappa shape index (κ1) is 16.6. The zero-order valence-corrected chi connectivity index (χ0v) is 15.1. The molecule has 2 aliphatic rings. The van der Waals surface area contributed by atoms with Crippen LogP contribution in [0.2, 0.25) is 0 Å². The monoisotopic (exact) mass is 358 g/mol. The molecule has 1 spiro atoms. The number of hydrogen-bond donors (Lipinski definition) is 0. The Bertz CT molecular complexity index is 849. The first-order valence-corrected chi connectivity index (χ1v) is 9.44. The molecule has 2 aromatic carbocycles. The van der Waals surface area contributed by atoms with Crippen molar-refractivity contribution in [2.75, 3.05) is 0 Å². The van der Waals surface area contributed by atoms with Crippen LogP contribution < -0.4 is 0 Å². The van der Waals surface area contributed by atoms with Gasteiger partial charge in [0.05, 0.1) is 0 Å². The summed E-state index contributed by atoms with van der Waals surface area (Å²) < 4.78 is 28.0. The third kappa shape index (κ3) is 2.65. The number of fused-ring (bicyclic) bond motifs is 2. The Morgan fingerprint density at radius 2 is 1.96 bits per heavy atom. The Balaban J connectivity index is 1.84. The molecule has 4 rings (SSSR count). The molecule has 130 valence electrons. The van der Waals surface area contributed by atoms with E-state index < -0.39 is 11.6 Å². The van der Waals surface area contributed by atoms with Gasteiger partial charge in [0, 0.05) is 11.6 Å². The normalized spacial score (nSPS) is 22.4. The molecule has 0 fully saturated rings. The Morgan fingerprint density at radius 1 is 1.16 bits per heavy atom. The molecule has 2 nitrogen and oxygen atoms in total. The third-order valence-corrected chi connectivity index (χ3v) is 6.33. The van der Waals surface area contributed by atoms with Crippen LogP contribution in [0.3, 0.4) is 0 Å². The second-order valence-electron chi connectivity index (χ2n) is 6.86. The van der Waals surface area contributed by atoms with Crippen molar-refractivity contribution in [2.24, 2.45) is 5.10 Å². The summed E-state index contributed by atoms with van der Waals surface area (Å²) in [7, 11) is 0. The van der Waals surface area contributed by atoms with Crippen molar-refractivity contribution in [3.05, 3.63) is 70.8 Å². The standard InChI is InChI=1S/C20H20F2N2S/c1-13(2)24-20(11-5-7-14-6-3-4-8-17(14)20)25-19(23-24)16-12-15(21)9-10-18(16)22/h3-4,6,8-10,12-13H,5,7,11H2,1-2H3. The van der Waals surface area contributed by atoms with E-state index in [0.29, 0.717) is 5.04 Å². The minimum absolute atomic E-state index is 0.160. The molecule has 0 aromatic heterocycles. The summed E-state index contributed by atoms with van der Waals surface area (Å²) in [5, 5.41) is 7.38. The Labute approximate surface area is 150 Å². The molecule has 2 aromatic rings. The number of benzene rings is 2. The van der Waals surface area contributed by atoms with Gasteiger partial charge < -0.3 is 0 Å². The number of nitrogens with zero attached hydrogens (tertiary/aromatic N) is 2. The maximum absolute atomic E-state index is 14.3. The number of hydrazone groups is 1. The highest BCUT2D eigenvalue weighted by Gasteiger charge is 2.49. The first-order chi connectivity index (χ1) is 12.0. The molecule has 0 saturated carbocycles. The maximum atomic E-state index is 14.3. The summed E-state index contributed by atoms with van der Waals surface area (Å²) in [6, 6.07) is 12.1. The third-order valence-electron chi connectivity index (χ3n) is 4.88. The van der Waals surface area contributed by atoms with Gasteiger partial charge in [-0.3, -0.25) is 5.01 Å².